The third-order valence-corrected chi connectivity index (χ3v) is 11.0. The first-order valence-electron chi connectivity index (χ1n) is 12.6. The van der Waals surface area contributed by atoms with Gasteiger partial charge in [-0.2, -0.15) is 0 Å². The third-order valence-electron chi connectivity index (χ3n) is 10.5. The van der Waals surface area contributed by atoms with Gasteiger partial charge in [-0.3, -0.25) is 14.6 Å². The number of rotatable bonds is 5. The first-order valence-corrected chi connectivity index (χ1v) is 14.1. The molecule has 33 heavy (non-hydrogen) atoms. The maximum absolute atomic E-state index is 11.8. The maximum atomic E-state index is 11.8. The number of aliphatic hydroxyl groups is 3. The number of carbonyl (C=O) groups is 1. The van der Waals surface area contributed by atoms with Gasteiger partial charge in [-0.15, -0.1) is 0 Å². The van der Waals surface area contributed by atoms with E-state index in [1.165, 1.54) is 0 Å². The minimum atomic E-state index is -4.83. The summed E-state index contributed by atoms with van der Waals surface area (Å²) in [6.07, 6.45) is 4.80. The van der Waals surface area contributed by atoms with Crippen LogP contribution in [-0.2, 0) is 13.9 Å². The van der Waals surface area contributed by atoms with Crippen molar-refractivity contribution in [3.63, 3.8) is 0 Å². The Hall–Kier alpha value is -0.500. The Morgan fingerprint density at radius 1 is 1.06 bits per heavy atom. The summed E-state index contributed by atoms with van der Waals surface area (Å²) in [4.78, 5) is 29.5. The highest BCUT2D eigenvalue weighted by Crippen LogP contribution is 2.68. The predicted octanol–water partition coefficient (Wildman–Crippen LogP) is 3.00. The molecule has 0 aliphatic heterocycles. The molecule has 0 saturated heterocycles. The summed E-state index contributed by atoms with van der Waals surface area (Å²) in [7, 11) is -4.83. The maximum Gasteiger partial charge on any atom is 0.526 e. The number of fused-ring (bicyclic) bond motifs is 5. The van der Waals surface area contributed by atoms with Crippen LogP contribution in [0.3, 0.4) is 0 Å². The molecular weight excluding hydrogens is 447 g/mol. The largest absolute Gasteiger partial charge is 0.526 e. The van der Waals surface area contributed by atoms with Crippen molar-refractivity contribution in [1.82, 2.24) is 0 Å². The Morgan fingerprint density at radius 3 is 2.42 bits per heavy atom. The molecule has 4 aliphatic carbocycles. The molecule has 0 spiro atoms. The molecule has 4 fully saturated rings. The van der Waals surface area contributed by atoms with E-state index in [0.29, 0.717) is 19.3 Å². The molecule has 190 valence electrons. The Bertz CT molecular complexity index is 799. The summed E-state index contributed by atoms with van der Waals surface area (Å²) in [5.41, 5.74) is -0.340. The number of phosphoric acid groups is 1. The Labute approximate surface area is 196 Å². The van der Waals surface area contributed by atoms with Gasteiger partial charge < -0.3 is 19.8 Å². The number of hydrogen-bond donors (Lipinski definition) is 5. The van der Waals surface area contributed by atoms with Crippen LogP contribution >= 0.6 is 7.82 Å². The molecule has 11 unspecified atom stereocenters. The summed E-state index contributed by atoms with van der Waals surface area (Å²) in [5.74, 6) is 0.174. The smallest absolute Gasteiger partial charge is 0.393 e. The fourth-order valence-corrected chi connectivity index (χ4v) is 9.21. The lowest BCUT2D eigenvalue weighted by atomic mass is 9.43. The van der Waals surface area contributed by atoms with Gasteiger partial charge in [0.1, 0.15) is 0 Å². The summed E-state index contributed by atoms with van der Waals surface area (Å²) in [6.45, 7) is 6.50. The fourth-order valence-electron chi connectivity index (χ4n) is 8.86. The zero-order valence-electron chi connectivity index (χ0n) is 20.0. The molecule has 4 rings (SSSR count). The number of carbonyl (C=O) groups excluding carboxylic acids is 1. The molecule has 0 aromatic carbocycles. The van der Waals surface area contributed by atoms with E-state index in [4.69, 9.17) is 9.79 Å². The van der Waals surface area contributed by atoms with Gasteiger partial charge >= 0.3 is 13.8 Å². The summed E-state index contributed by atoms with van der Waals surface area (Å²) < 4.78 is 15.1. The van der Waals surface area contributed by atoms with Crippen LogP contribution in [0.25, 0.3) is 0 Å². The Morgan fingerprint density at radius 2 is 1.76 bits per heavy atom. The molecule has 5 N–H and O–H groups in total. The minimum absolute atomic E-state index is 0.0292. The lowest BCUT2D eigenvalue weighted by molar-refractivity contribution is -0.207. The van der Waals surface area contributed by atoms with Gasteiger partial charge in [-0.1, -0.05) is 20.8 Å². The standard InChI is InChI=1S/C24H41O8P/c1-13(4-7-21(28)32-33(29,30)31)16-5-6-17-22-18(12-20(27)24(16,17)3)23(2)9-8-15(25)10-14(23)11-19(22)26/h13-20,22,25-27H,4-12H2,1-3H3,(H2,29,30,31). The molecule has 8 nitrogen and oxygen atoms in total. The van der Waals surface area contributed by atoms with E-state index in [9.17, 15) is 24.7 Å². The quantitative estimate of drug-likeness (QED) is 0.372. The average Bonchev–Trinajstić information content (AvgIpc) is 3.06. The molecule has 0 aromatic rings. The fraction of sp³-hybridized carbons (Fsp3) is 0.958. The summed E-state index contributed by atoms with van der Waals surface area (Å²) in [5, 5.41) is 33.1. The van der Waals surface area contributed by atoms with Crippen molar-refractivity contribution in [3.05, 3.63) is 0 Å². The van der Waals surface area contributed by atoms with Gasteiger partial charge in [0.05, 0.1) is 18.3 Å². The van der Waals surface area contributed by atoms with Crippen LogP contribution in [0.2, 0.25) is 0 Å². The molecule has 9 heteroatoms. The van der Waals surface area contributed by atoms with Crippen LogP contribution in [0.5, 0.6) is 0 Å². The Balaban J connectivity index is 1.51. The second-order valence-electron chi connectivity index (χ2n) is 12.0. The van der Waals surface area contributed by atoms with E-state index in [1.807, 2.05) is 6.92 Å². The molecule has 0 amide bonds. The van der Waals surface area contributed by atoms with Crippen molar-refractivity contribution >= 4 is 13.8 Å². The van der Waals surface area contributed by atoms with Gasteiger partial charge in [0.25, 0.3) is 0 Å². The van der Waals surface area contributed by atoms with Crippen molar-refractivity contribution in [2.24, 2.45) is 46.3 Å². The summed E-state index contributed by atoms with van der Waals surface area (Å²) >= 11 is 0. The molecule has 4 saturated carbocycles. The van der Waals surface area contributed by atoms with Crippen LogP contribution in [0.4, 0.5) is 0 Å². The van der Waals surface area contributed by atoms with Crippen molar-refractivity contribution in [2.45, 2.75) is 96.9 Å². The van der Waals surface area contributed by atoms with Crippen LogP contribution in [0.15, 0.2) is 0 Å². The van der Waals surface area contributed by atoms with E-state index in [-0.39, 0.29) is 58.9 Å². The van der Waals surface area contributed by atoms with Crippen molar-refractivity contribution < 1.29 is 39.0 Å². The molecular formula is C24H41O8P. The normalized spacial score (nSPS) is 48.4. The van der Waals surface area contributed by atoms with Crippen molar-refractivity contribution in [3.8, 4) is 0 Å². The van der Waals surface area contributed by atoms with Gasteiger partial charge in [-0.25, -0.2) is 4.57 Å². The first-order chi connectivity index (χ1) is 15.3. The third kappa shape index (κ3) is 4.45. The molecule has 0 bridgehead atoms. The first kappa shape index (κ1) is 25.6. The number of phosphoric ester groups is 1. The highest BCUT2D eigenvalue weighted by molar-refractivity contribution is 7.46. The molecule has 0 aromatic heterocycles. The number of aliphatic hydroxyl groups excluding tert-OH is 3. The van der Waals surface area contributed by atoms with E-state index in [0.717, 1.165) is 32.1 Å². The van der Waals surface area contributed by atoms with Gasteiger partial charge in [0.15, 0.2) is 0 Å². The predicted molar refractivity (Wildman–Crippen MR) is 121 cm³/mol. The lowest BCUT2D eigenvalue weighted by Gasteiger charge is -2.63. The monoisotopic (exact) mass is 488 g/mol. The molecule has 0 heterocycles. The van der Waals surface area contributed by atoms with Crippen LogP contribution < -0.4 is 0 Å². The van der Waals surface area contributed by atoms with Crippen molar-refractivity contribution in [2.75, 3.05) is 0 Å². The van der Waals surface area contributed by atoms with E-state index in [1.54, 1.807) is 0 Å². The van der Waals surface area contributed by atoms with Crippen LogP contribution in [0.1, 0.15) is 78.6 Å². The second-order valence-corrected chi connectivity index (χ2v) is 13.2. The molecule has 11 atom stereocenters. The second kappa shape index (κ2) is 8.86. The zero-order valence-corrected chi connectivity index (χ0v) is 20.9. The van der Waals surface area contributed by atoms with Crippen LogP contribution in [-0.4, -0.2) is 49.4 Å². The van der Waals surface area contributed by atoms with Gasteiger partial charge in [-0.05, 0) is 97.7 Å². The highest BCUT2D eigenvalue weighted by atomic mass is 31.2. The summed E-state index contributed by atoms with van der Waals surface area (Å²) in [6, 6.07) is 0. The van der Waals surface area contributed by atoms with E-state index in [2.05, 4.69) is 18.4 Å². The van der Waals surface area contributed by atoms with E-state index >= 15 is 0 Å². The van der Waals surface area contributed by atoms with Crippen molar-refractivity contribution in [1.29, 1.82) is 0 Å². The topological polar surface area (TPSA) is 145 Å². The van der Waals surface area contributed by atoms with E-state index < -0.39 is 26.0 Å². The van der Waals surface area contributed by atoms with Gasteiger partial charge in [0, 0.05) is 6.42 Å². The van der Waals surface area contributed by atoms with Gasteiger partial charge in [0.2, 0.25) is 0 Å². The SMILES string of the molecule is CC(CCC(=O)OP(=O)(O)O)C1CCC2C3C(O)CC4CC(O)CCC4(C)C3CC(O)C12C. The molecule has 4 aliphatic rings. The van der Waals surface area contributed by atoms with Crippen LogP contribution in [0, 0.1) is 46.3 Å². The minimum Gasteiger partial charge on any atom is -0.393 e. The Kier molecular flexibility index (Phi) is 6.87. The zero-order chi connectivity index (χ0) is 24.3. The lowest BCUT2D eigenvalue weighted by Crippen LogP contribution is -2.62. The highest BCUT2D eigenvalue weighted by Gasteiger charge is 2.65. The number of hydrogen-bond acceptors (Lipinski definition) is 6. The average molecular weight is 489 g/mol. The molecule has 0 radical (unpaired) electrons.